The number of pyridine rings is 2. The first-order valence-corrected chi connectivity index (χ1v) is 9.76. The van der Waals surface area contributed by atoms with Gasteiger partial charge in [0.15, 0.2) is 11.5 Å². The van der Waals surface area contributed by atoms with Crippen LogP contribution in [-0.4, -0.2) is 35.5 Å². The maximum absolute atomic E-state index is 12.7. The van der Waals surface area contributed by atoms with E-state index in [2.05, 4.69) is 26.1 Å². The topological polar surface area (TPSA) is 83.3 Å². The van der Waals surface area contributed by atoms with Crippen molar-refractivity contribution in [1.82, 2.24) is 9.97 Å². The van der Waals surface area contributed by atoms with Crippen LogP contribution in [0.3, 0.4) is 0 Å². The van der Waals surface area contributed by atoms with E-state index < -0.39 is 6.36 Å². The molecule has 1 atom stereocenters. The summed E-state index contributed by atoms with van der Waals surface area (Å²) in [6.07, 6.45) is -1.17. The van der Waals surface area contributed by atoms with E-state index in [4.69, 9.17) is 4.74 Å². The second-order valence-electron chi connectivity index (χ2n) is 7.01. The third-order valence-corrected chi connectivity index (χ3v) is 4.78. The zero-order valence-electron chi connectivity index (χ0n) is 16.7. The second-order valence-corrected chi connectivity index (χ2v) is 7.01. The van der Waals surface area contributed by atoms with E-state index in [0.29, 0.717) is 36.0 Å². The van der Waals surface area contributed by atoms with Gasteiger partial charge in [0.05, 0.1) is 24.0 Å². The van der Waals surface area contributed by atoms with Gasteiger partial charge in [0.2, 0.25) is 0 Å². The molecule has 3 heterocycles. The molecule has 0 saturated carbocycles. The molecule has 0 bridgehead atoms. The van der Waals surface area contributed by atoms with Crippen molar-refractivity contribution in [3.05, 3.63) is 66.5 Å². The number of ether oxygens (including phenoxy) is 2. The van der Waals surface area contributed by atoms with Crippen molar-refractivity contribution in [2.24, 2.45) is 0 Å². The SMILES string of the molecule is N#Cc1ccncc1O[C@H]1CCN(c2cccc(Nc3ccccc3OC(F)(F)F)n2)C1. The van der Waals surface area contributed by atoms with E-state index in [1.165, 1.54) is 30.6 Å². The molecule has 0 radical (unpaired) electrons. The molecule has 1 aliphatic rings. The van der Waals surface area contributed by atoms with Crippen LogP contribution in [0.5, 0.6) is 11.5 Å². The van der Waals surface area contributed by atoms with Crippen LogP contribution in [0.1, 0.15) is 12.0 Å². The zero-order valence-corrected chi connectivity index (χ0v) is 16.7. The monoisotopic (exact) mass is 441 g/mol. The number of rotatable bonds is 6. The first-order valence-electron chi connectivity index (χ1n) is 9.76. The van der Waals surface area contributed by atoms with E-state index in [9.17, 15) is 18.4 Å². The van der Waals surface area contributed by atoms with E-state index in [1.807, 2.05) is 11.0 Å². The van der Waals surface area contributed by atoms with Crippen LogP contribution in [0.25, 0.3) is 0 Å². The molecule has 0 aliphatic carbocycles. The lowest BCUT2D eigenvalue weighted by Gasteiger charge is -2.19. The molecule has 1 aromatic carbocycles. The fourth-order valence-electron chi connectivity index (χ4n) is 3.37. The Morgan fingerprint density at radius 3 is 2.75 bits per heavy atom. The first-order chi connectivity index (χ1) is 15.4. The van der Waals surface area contributed by atoms with E-state index in [0.717, 1.165) is 6.42 Å². The first kappa shape index (κ1) is 21.2. The van der Waals surface area contributed by atoms with Gasteiger partial charge in [-0.05, 0) is 30.3 Å². The number of halogens is 3. The fourth-order valence-corrected chi connectivity index (χ4v) is 3.37. The number of nitrogens with one attached hydrogen (secondary N) is 1. The second kappa shape index (κ2) is 9.01. The third kappa shape index (κ3) is 5.18. The highest BCUT2D eigenvalue weighted by Gasteiger charge is 2.32. The molecule has 0 spiro atoms. The summed E-state index contributed by atoms with van der Waals surface area (Å²) < 4.78 is 48.0. The number of para-hydroxylation sites is 2. The van der Waals surface area contributed by atoms with Crippen molar-refractivity contribution in [1.29, 1.82) is 5.26 Å². The number of nitrogens with zero attached hydrogens (tertiary/aromatic N) is 4. The minimum Gasteiger partial charge on any atom is -0.485 e. The van der Waals surface area contributed by atoms with Crippen LogP contribution in [-0.2, 0) is 0 Å². The Morgan fingerprint density at radius 2 is 1.94 bits per heavy atom. The number of anilines is 3. The Bertz CT molecular complexity index is 1130. The highest BCUT2D eigenvalue weighted by atomic mass is 19.4. The van der Waals surface area contributed by atoms with Crippen LogP contribution in [0.4, 0.5) is 30.5 Å². The van der Waals surface area contributed by atoms with Gasteiger partial charge in [0, 0.05) is 19.2 Å². The summed E-state index contributed by atoms with van der Waals surface area (Å²) in [4.78, 5) is 10.5. The molecule has 32 heavy (non-hydrogen) atoms. The van der Waals surface area contributed by atoms with Crippen molar-refractivity contribution in [2.75, 3.05) is 23.3 Å². The highest BCUT2D eigenvalue weighted by molar-refractivity contribution is 5.65. The molecule has 164 valence electrons. The molecule has 1 saturated heterocycles. The number of nitriles is 1. The van der Waals surface area contributed by atoms with Crippen molar-refractivity contribution in [2.45, 2.75) is 18.9 Å². The van der Waals surface area contributed by atoms with Gasteiger partial charge < -0.3 is 19.7 Å². The van der Waals surface area contributed by atoms with Gasteiger partial charge in [-0.15, -0.1) is 13.2 Å². The molecule has 3 aromatic rings. The van der Waals surface area contributed by atoms with E-state index in [-0.39, 0.29) is 17.5 Å². The summed E-state index contributed by atoms with van der Waals surface area (Å²) in [5.41, 5.74) is 0.570. The minimum atomic E-state index is -4.79. The number of hydrogen-bond acceptors (Lipinski definition) is 7. The molecule has 1 N–H and O–H groups in total. The maximum Gasteiger partial charge on any atom is 0.573 e. The lowest BCUT2D eigenvalue weighted by molar-refractivity contribution is -0.274. The average Bonchev–Trinajstić information content (AvgIpc) is 3.23. The Hall–Kier alpha value is -4.00. The van der Waals surface area contributed by atoms with Gasteiger partial charge in [-0.1, -0.05) is 18.2 Å². The molecule has 10 heteroatoms. The summed E-state index contributed by atoms with van der Waals surface area (Å²) >= 11 is 0. The maximum atomic E-state index is 12.7. The molecular formula is C22H18F3N5O2. The minimum absolute atomic E-state index is 0.148. The van der Waals surface area contributed by atoms with Crippen LogP contribution in [0, 0.1) is 11.3 Å². The van der Waals surface area contributed by atoms with Crippen LogP contribution in [0.15, 0.2) is 60.9 Å². The van der Waals surface area contributed by atoms with Crippen molar-refractivity contribution in [3.8, 4) is 17.6 Å². The lowest BCUT2D eigenvalue weighted by Crippen LogP contribution is -2.25. The Kier molecular flexibility index (Phi) is 5.98. The van der Waals surface area contributed by atoms with Gasteiger partial charge in [-0.3, -0.25) is 4.98 Å². The molecule has 0 amide bonds. The van der Waals surface area contributed by atoms with Gasteiger partial charge in [-0.25, -0.2) is 4.98 Å². The molecule has 7 nitrogen and oxygen atoms in total. The molecule has 2 aromatic heterocycles. The summed E-state index contributed by atoms with van der Waals surface area (Å²) in [6, 6.07) is 14.7. The zero-order chi connectivity index (χ0) is 22.6. The number of alkyl halides is 3. The van der Waals surface area contributed by atoms with Crippen molar-refractivity contribution in [3.63, 3.8) is 0 Å². The quantitative estimate of drug-likeness (QED) is 0.596. The lowest BCUT2D eigenvalue weighted by atomic mass is 10.2. The molecular weight excluding hydrogens is 423 g/mol. The standard InChI is InChI=1S/C22H18F3N5O2/c23-22(24,25)32-18-5-2-1-4-17(18)28-20-6-3-7-21(29-20)30-11-9-16(14-30)31-19-13-27-10-8-15(19)12-26/h1-8,10,13,16H,9,11,14H2,(H,28,29)/t16-/m0/s1. The molecule has 4 rings (SSSR count). The summed E-state index contributed by atoms with van der Waals surface area (Å²) in [6.45, 7) is 1.22. The Morgan fingerprint density at radius 1 is 1.09 bits per heavy atom. The predicted molar refractivity (Wildman–Crippen MR) is 111 cm³/mol. The molecule has 1 fully saturated rings. The van der Waals surface area contributed by atoms with Crippen molar-refractivity contribution < 1.29 is 22.6 Å². The van der Waals surface area contributed by atoms with Gasteiger partial charge in [0.1, 0.15) is 23.8 Å². The predicted octanol–water partition coefficient (Wildman–Crippen LogP) is 4.65. The van der Waals surface area contributed by atoms with Gasteiger partial charge in [-0.2, -0.15) is 5.26 Å². The van der Waals surface area contributed by atoms with Crippen LogP contribution in [0.2, 0.25) is 0 Å². The Balaban J connectivity index is 1.45. The smallest absolute Gasteiger partial charge is 0.485 e. The summed E-state index contributed by atoms with van der Waals surface area (Å²) in [7, 11) is 0. The number of aromatic nitrogens is 2. The van der Waals surface area contributed by atoms with Crippen molar-refractivity contribution >= 4 is 17.3 Å². The normalized spacial score (nSPS) is 15.8. The van der Waals surface area contributed by atoms with E-state index in [1.54, 1.807) is 24.3 Å². The highest BCUT2D eigenvalue weighted by Crippen LogP contribution is 2.32. The average molecular weight is 441 g/mol. The summed E-state index contributed by atoms with van der Waals surface area (Å²) in [5, 5.41) is 12.1. The van der Waals surface area contributed by atoms with E-state index >= 15 is 0 Å². The molecule has 1 aliphatic heterocycles. The Labute approximate surface area is 182 Å². The van der Waals surface area contributed by atoms with Gasteiger partial charge in [0.25, 0.3) is 0 Å². The largest absolute Gasteiger partial charge is 0.573 e. The molecule has 0 unspecified atom stereocenters. The number of hydrogen-bond donors (Lipinski definition) is 1. The number of benzene rings is 1. The summed E-state index contributed by atoms with van der Waals surface area (Å²) in [5.74, 6) is 1.13. The fraction of sp³-hybridized carbons (Fsp3) is 0.227. The van der Waals surface area contributed by atoms with Gasteiger partial charge >= 0.3 is 6.36 Å². The third-order valence-electron chi connectivity index (χ3n) is 4.78. The van der Waals surface area contributed by atoms with Crippen LogP contribution >= 0.6 is 0 Å². The van der Waals surface area contributed by atoms with Crippen LogP contribution < -0.4 is 19.7 Å².